The minimum atomic E-state index is -0.426. The van der Waals surface area contributed by atoms with Crippen LogP contribution in [0.2, 0.25) is 0 Å². The maximum atomic E-state index is 12.8. The second kappa shape index (κ2) is 9.35. The van der Waals surface area contributed by atoms with Crippen LogP contribution < -0.4 is 5.32 Å². The average Bonchev–Trinajstić information content (AvgIpc) is 3.23. The fourth-order valence-corrected chi connectivity index (χ4v) is 3.87. The number of likely N-dealkylation sites (tertiary alicyclic amines) is 1. The summed E-state index contributed by atoms with van der Waals surface area (Å²) >= 11 is 0. The lowest BCUT2D eigenvalue weighted by Crippen LogP contribution is -2.37. The SMILES string of the molecule is CC(C)OC(=O)N1CCc2cnc(C(=O)Nc3cccc(C(=N)N4CCCC4=N)n3)cc2C1. The van der Waals surface area contributed by atoms with E-state index in [4.69, 9.17) is 15.6 Å². The van der Waals surface area contributed by atoms with Crippen molar-refractivity contribution in [2.75, 3.05) is 18.4 Å². The molecule has 10 heteroatoms. The van der Waals surface area contributed by atoms with Crippen molar-refractivity contribution in [3.8, 4) is 0 Å². The summed E-state index contributed by atoms with van der Waals surface area (Å²) in [4.78, 5) is 37.0. The van der Waals surface area contributed by atoms with Crippen LogP contribution in [0.5, 0.6) is 0 Å². The molecule has 2 aliphatic heterocycles. The highest BCUT2D eigenvalue weighted by atomic mass is 16.6. The van der Waals surface area contributed by atoms with E-state index in [0.717, 1.165) is 17.5 Å². The van der Waals surface area contributed by atoms with Gasteiger partial charge in [-0.15, -0.1) is 0 Å². The highest BCUT2D eigenvalue weighted by Crippen LogP contribution is 2.21. The van der Waals surface area contributed by atoms with E-state index in [9.17, 15) is 9.59 Å². The second-order valence-corrected chi connectivity index (χ2v) is 8.36. The molecule has 0 atom stereocenters. The first-order valence-electron chi connectivity index (χ1n) is 11.0. The summed E-state index contributed by atoms with van der Waals surface area (Å²) in [7, 11) is 0. The average molecular weight is 450 g/mol. The van der Waals surface area contributed by atoms with Crippen molar-refractivity contribution in [3.63, 3.8) is 0 Å². The lowest BCUT2D eigenvalue weighted by atomic mass is 10.0. The standard InChI is InChI=1S/C23H27N7O3/c1-14(2)33-23(32)29-10-8-15-12-26-18(11-16(15)13-29)22(31)28-20-7-3-5-17(27-20)21(25)30-9-4-6-19(30)24/h3,5,7,11-12,14,24-25H,4,6,8-10,13H2,1-2H3,(H,27,28,31). The number of anilines is 1. The number of ether oxygens (including phenoxy) is 1. The number of fused-ring (bicyclic) bond motifs is 1. The smallest absolute Gasteiger partial charge is 0.410 e. The van der Waals surface area contributed by atoms with Crippen molar-refractivity contribution >= 4 is 29.5 Å². The molecule has 2 amide bonds. The van der Waals surface area contributed by atoms with Crippen LogP contribution >= 0.6 is 0 Å². The summed E-state index contributed by atoms with van der Waals surface area (Å²) in [6.45, 7) is 5.14. The molecule has 2 aromatic rings. The third-order valence-corrected chi connectivity index (χ3v) is 5.55. The molecule has 0 aromatic carbocycles. The van der Waals surface area contributed by atoms with Gasteiger partial charge in [-0.05, 0) is 56.0 Å². The molecule has 0 unspecified atom stereocenters. The Bertz CT molecular complexity index is 1110. The Morgan fingerprint density at radius 2 is 1.97 bits per heavy atom. The van der Waals surface area contributed by atoms with Crippen molar-refractivity contribution < 1.29 is 14.3 Å². The summed E-state index contributed by atoms with van der Waals surface area (Å²) in [6, 6.07) is 6.74. The minimum Gasteiger partial charge on any atom is -0.447 e. The molecule has 2 aliphatic rings. The summed E-state index contributed by atoms with van der Waals surface area (Å²) in [5.74, 6) is 0.425. The summed E-state index contributed by atoms with van der Waals surface area (Å²) in [5.41, 5.74) is 2.47. The summed E-state index contributed by atoms with van der Waals surface area (Å²) < 4.78 is 5.29. The lowest BCUT2D eigenvalue weighted by molar-refractivity contribution is 0.0729. The zero-order valence-corrected chi connectivity index (χ0v) is 18.7. The molecule has 3 N–H and O–H groups in total. The summed E-state index contributed by atoms with van der Waals surface area (Å²) in [5, 5.41) is 19.1. The van der Waals surface area contributed by atoms with Gasteiger partial charge in [-0.2, -0.15) is 0 Å². The van der Waals surface area contributed by atoms with Gasteiger partial charge in [0, 0.05) is 32.3 Å². The zero-order chi connectivity index (χ0) is 23.5. The molecule has 4 heterocycles. The fourth-order valence-electron chi connectivity index (χ4n) is 3.87. The van der Waals surface area contributed by atoms with Gasteiger partial charge in [0.1, 0.15) is 23.0 Å². The van der Waals surface area contributed by atoms with Crippen LogP contribution in [0.3, 0.4) is 0 Å². The Kier molecular flexibility index (Phi) is 6.34. The molecular formula is C23H27N7O3. The number of hydrogen-bond donors (Lipinski definition) is 3. The predicted molar refractivity (Wildman–Crippen MR) is 123 cm³/mol. The molecule has 4 rings (SSSR count). The van der Waals surface area contributed by atoms with Crippen molar-refractivity contribution in [3.05, 3.63) is 53.0 Å². The van der Waals surface area contributed by atoms with E-state index in [1.165, 1.54) is 0 Å². The number of carbonyl (C=O) groups excluding carboxylic acids is 2. The van der Waals surface area contributed by atoms with Gasteiger partial charge in [-0.1, -0.05) is 6.07 Å². The van der Waals surface area contributed by atoms with Crippen LogP contribution in [0.1, 0.15) is 54.0 Å². The van der Waals surface area contributed by atoms with Crippen molar-refractivity contribution in [2.45, 2.75) is 45.8 Å². The number of rotatable bonds is 4. The number of pyridine rings is 2. The van der Waals surface area contributed by atoms with Gasteiger partial charge in [0.2, 0.25) is 0 Å². The van der Waals surface area contributed by atoms with Gasteiger partial charge in [0.25, 0.3) is 5.91 Å². The van der Waals surface area contributed by atoms with Gasteiger partial charge in [-0.3, -0.25) is 20.6 Å². The monoisotopic (exact) mass is 449 g/mol. The Labute approximate surface area is 192 Å². The topological polar surface area (TPSA) is 135 Å². The van der Waals surface area contributed by atoms with Gasteiger partial charge in [-0.25, -0.2) is 9.78 Å². The first kappa shape index (κ1) is 22.4. The summed E-state index contributed by atoms with van der Waals surface area (Å²) in [6.07, 6.45) is 3.25. The van der Waals surface area contributed by atoms with Gasteiger partial charge < -0.3 is 19.9 Å². The van der Waals surface area contributed by atoms with Gasteiger partial charge in [0.15, 0.2) is 5.84 Å². The van der Waals surface area contributed by atoms with E-state index in [1.54, 1.807) is 40.3 Å². The van der Waals surface area contributed by atoms with Crippen molar-refractivity contribution in [2.24, 2.45) is 0 Å². The van der Waals surface area contributed by atoms with Crippen LogP contribution in [0.4, 0.5) is 10.6 Å². The molecule has 33 heavy (non-hydrogen) atoms. The molecule has 0 saturated carbocycles. The zero-order valence-electron chi connectivity index (χ0n) is 18.7. The predicted octanol–water partition coefficient (Wildman–Crippen LogP) is 3.03. The van der Waals surface area contributed by atoms with E-state index in [0.29, 0.717) is 49.8 Å². The Morgan fingerprint density at radius 3 is 2.70 bits per heavy atom. The normalized spacial score (nSPS) is 15.4. The molecule has 1 saturated heterocycles. The highest BCUT2D eigenvalue weighted by molar-refractivity contribution is 6.07. The molecule has 1 fully saturated rings. The van der Waals surface area contributed by atoms with Crippen molar-refractivity contribution in [1.82, 2.24) is 19.8 Å². The van der Waals surface area contributed by atoms with E-state index in [1.807, 2.05) is 13.8 Å². The first-order valence-corrected chi connectivity index (χ1v) is 11.0. The number of amides is 2. The van der Waals surface area contributed by atoms with Gasteiger partial charge in [0.05, 0.1) is 6.10 Å². The number of carbonyl (C=O) groups is 2. The van der Waals surface area contributed by atoms with E-state index >= 15 is 0 Å². The Balaban J connectivity index is 1.46. The van der Waals surface area contributed by atoms with E-state index in [2.05, 4.69) is 15.3 Å². The molecule has 0 aliphatic carbocycles. The highest BCUT2D eigenvalue weighted by Gasteiger charge is 2.25. The van der Waals surface area contributed by atoms with E-state index < -0.39 is 5.91 Å². The third kappa shape index (κ3) is 5.00. The number of hydrogen-bond acceptors (Lipinski definition) is 7. The third-order valence-electron chi connectivity index (χ3n) is 5.55. The molecule has 0 spiro atoms. The van der Waals surface area contributed by atoms with Crippen LogP contribution in [-0.4, -0.2) is 62.6 Å². The minimum absolute atomic E-state index is 0.147. The largest absolute Gasteiger partial charge is 0.447 e. The number of aromatic nitrogens is 2. The lowest BCUT2D eigenvalue weighted by Gasteiger charge is -2.28. The number of nitrogens with one attached hydrogen (secondary N) is 3. The Morgan fingerprint density at radius 1 is 1.15 bits per heavy atom. The second-order valence-electron chi connectivity index (χ2n) is 8.36. The molecule has 172 valence electrons. The first-order chi connectivity index (χ1) is 15.8. The molecule has 0 bridgehead atoms. The number of amidine groups is 2. The maximum Gasteiger partial charge on any atom is 0.410 e. The van der Waals surface area contributed by atoms with Crippen LogP contribution in [0.25, 0.3) is 0 Å². The van der Waals surface area contributed by atoms with E-state index in [-0.39, 0.29) is 23.7 Å². The quantitative estimate of drug-likeness (QED) is 0.485. The fraction of sp³-hybridized carbons (Fsp3) is 0.391. The van der Waals surface area contributed by atoms with Crippen LogP contribution in [-0.2, 0) is 17.7 Å². The van der Waals surface area contributed by atoms with Gasteiger partial charge >= 0.3 is 6.09 Å². The maximum absolute atomic E-state index is 12.8. The number of nitrogens with zero attached hydrogens (tertiary/aromatic N) is 4. The van der Waals surface area contributed by atoms with Crippen molar-refractivity contribution in [1.29, 1.82) is 10.8 Å². The van der Waals surface area contributed by atoms with Crippen LogP contribution in [0.15, 0.2) is 30.5 Å². The van der Waals surface area contributed by atoms with Crippen LogP contribution in [0, 0.1) is 10.8 Å². The molecule has 0 radical (unpaired) electrons. The molecule has 2 aromatic heterocycles. The Hall–Kier alpha value is -3.82. The molecular weight excluding hydrogens is 422 g/mol. The molecule has 10 nitrogen and oxygen atoms in total.